The monoisotopic (exact) mass is 571 g/mol. The van der Waals surface area contributed by atoms with Crippen LogP contribution in [0.1, 0.15) is 24.2 Å². The van der Waals surface area contributed by atoms with E-state index >= 15 is 4.39 Å². The van der Waals surface area contributed by atoms with Gasteiger partial charge in [0, 0.05) is 53.3 Å². The minimum absolute atomic E-state index is 0.00667. The van der Waals surface area contributed by atoms with Crippen LogP contribution in [0.4, 0.5) is 19.1 Å². The van der Waals surface area contributed by atoms with Crippen molar-refractivity contribution < 1.29 is 27.8 Å². The molecule has 8 nitrogen and oxygen atoms in total. The Bertz CT molecular complexity index is 1580. The summed E-state index contributed by atoms with van der Waals surface area (Å²) >= 11 is 6.13. The number of nitrogens with zero attached hydrogens (tertiary/aromatic N) is 5. The first-order valence-electron chi connectivity index (χ1n) is 12.9. The van der Waals surface area contributed by atoms with E-state index in [0.29, 0.717) is 52.0 Å². The van der Waals surface area contributed by atoms with Gasteiger partial charge in [0.2, 0.25) is 5.95 Å². The zero-order valence-electron chi connectivity index (χ0n) is 21.4. The first kappa shape index (κ1) is 26.4. The quantitative estimate of drug-likeness (QED) is 0.300. The second kappa shape index (κ2) is 10.3. The number of aromatic nitrogens is 4. The molecule has 40 heavy (non-hydrogen) atoms. The third-order valence-corrected chi connectivity index (χ3v) is 8.18. The summed E-state index contributed by atoms with van der Waals surface area (Å²) in [4.78, 5) is 27.1. The van der Waals surface area contributed by atoms with Crippen molar-refractivity contribution in [3.63, 3.8) is 0 Å². The van der Waals surface area contributed by atoms with Crippen LogP contribution in [0.2, 0.25) is 5.02 Å². The molecule has 1 N–H and O–H groups in total. The van der Waals surface area contributed by atoms with Gasteiger partial charge in [-0.2, -0.15) is 8.78 Å². The molecule has 0 radical (unpaired) electrons. The molecule has 2 aromatic carbocycles. The van der Waals surface area contributed by atoms with Gasteiger partial charge >= 0.3 is 12.6 Å². The number of fused-ring (bicyclic) bond motifs is 3. The number of hydrogen-bond acceptors (Lipinski definition) is 6. The van der Waals surface area contributed by atoms with E-state index in [1.165, 1.54) is 18.2 Å². The van der Waals surface area contributed by atoms with Crippen molar-refractivity contribution in [2.75, 3.05) is 18.0 Å². The molecule has 2 fully saturated rings. The molecule has 1 saturated carbocycles. The first-order chi connectivity index (χ1) is 19.2. The topological polar surface area (TPSA) is 93.4 Å². The highest BCUT2D eigenvalue weighted by molar-refractivity contribution is 6.30. The molecule has 12 heteroatoms. The van der Waals surface area contributed by atoms with Crippen molar-refractivity contribution in [1.29, 1.82) is 0 Å². The molecule has 1 unspecified atom stereocenters. The van der Waals surface area contributed by atoms with Gasteiger partial charge < -0.3 is 19.3 Å². The van der Waals surface area contributed by atoms with Crippen LogP contribution < -0.4 is 9.64 Å². The van der Waals surface area contributed by atoms with Crippen LogP contribution in [0.5, 0.6) is 5.75 Å². The molecule has 3 atom stereocenters. The summed E-state index contributed by atoms with van der Waals surface area (Å²) in [7, 11) is 0. The Kier molecular flexibility index (Phi) is 6.77. The van der Waals surface area contributed by atoms with E-state index in [2.05, 4.69) is 19.7 Å². The lowest BCUT2D eigenvalue weighted by atomic mass is 9.85. The molecule has 6 rings (SSSR count). The fourth-order valence-corrected chi connectivity index (χ4v) is 6.35. The third-order valence-electron chi connectivity index (χ3n) is 7.95. The highest BCUT2D eigenvalue weighted by Crippen LogP contribution is 2.43. The molecule has 1 saturated heterocycles. The van der Waals surface area contributed by atoms with E-state index < -0.39 is 18.4 Å². The largest absolute Gasteiger partial charge is 0.481 e. The number of aryl methyl sites for hydroxylation is 1. The van der Waals surface area contributed by atoms with Gasteiger partial charge in [0.25, 0.3) is 0 Å². The smallest absolute Gasteiger partial charge is 0.387 e. The second-order valence-electron chi connectivity index (χ2n) is 10.3. The highest BCUT2D eigenvalue weighted by atomic mass is 35.5. The van der Waals surface area contributed by atoms with Crippen LogP contribution in [0.15, 0.2) is 42.7 Å². The van der Waals surface area contributed by atoms with Gasteiger partial charge in [0.15, 0.2) is 0 Å². The molecular weight excluding hydrogens is 547 g/mol. The van der Waals surface area contributed by atoms with Gasteiger partial charge in [-0.3, -0.25) is 4.79 Å². The van der Waals surface area contributed by atoms with Gasteiger partial charge in [0.1, 0.15) is 17.4 Å². The predicted molar refractivity (Wildman–Crippen MR) is 142 cm³/mol. The van der Waals surface area contributed by atoms with Crippen molar-refractivity contribution in [2.24, 2.45) is 17.8 Å². The van der Waals surface area contributed by atoms with Crippen LogP contribution >= 0.6 is 11.6 Å². The Labute approximate surface area is 232 Å². The molecule has 0 amide bonds. The predicted octanol–water partition coefficient (Wildman–Crippen LogP) is 5.79. The summed E-state index contributed by atoms with van der Waals surface area (Å²) in [6.45, 7) is 0.0237. The summed E-state index contributed by atoms with van der Waals surface area (Å²) in [6, 6.07) is 7.37. The van der Waals surface area contributed by atoms with Crippen LogP contribution in [0, 0.1) is 30.5 Å². The third kappa shape index (κ3) is 4.83. The van der Waals surface area contributed by atoms with Crippen LogP contribution in [-0.4, -0.2) is 50.3 Å². The Morgan fingerprint density at radius 3 is 2.50 bits per heavy atom. The van der Waals surface area contributed by atoms with Crippen LogP contribution in [-0.2, 0) is 11.3 Å². The molecule has 2 aromatic heterocycles. The number of benzene rings is 2. The molecular formula is C28H25ClF3N5O3. The van der Waals surface area contributed by atoms with Crippen molar-refractivity contribution >= 4 is 34.6 Å². The van der Waals surface area contributed by atoms with Crippen molar-refractivity contribution in [2.45, 2.75) is 32.9 Å². The normalized spacial score (nSPS) is 20.4. The van der Waals surface area contributed by atoms with Gasteiger partial charge in [-0.05, 0) is 55.9 Å². The number of carboxylic acid groups (broad SMARTS) is 1. The number of ether oxygens (including phenoxy) is 1. The van der Waals surface area contributed by atoms with Gasteiger partial charge in [0.05, 0.1) is 23.5 Å². The average molecular weight is 572 g/mol. The zero-order valence-corrected chi connectivity index (χ0v) is 22.2. The maximum absolute atomic E-state index is 15.2. The molecule has 1 aliphatic heterocycles. The van der Waals surface area contributed by atoms with Crippen LogP contribution in [0.25, 0.3) is 22.2 Å². The summed E-state index contributed by atoms with van der Waals surface area (Å²) < 4.78 is 47.6. The van der Waals surface area contributed by atoms with E-state index in [4.69, 9.17) is 11.6 Å². The molecule has 2 bridgehead atoms. The average Bonchev–Trinajstić information content (AvgIpc) is 3.36. The number of aliphatic carboxylic acids is 1. The van der Waals surface area contributed by atoms with Crippen molar-refractivity contribution in [3.05, 3.63) is 65.0 Å². The standard InChI is InChI=1S/C28H25ClF3N5O3/c1-14-35-22-8-21(30)20(7-23(22)37(14)13-17-6-19(29)4-5-24(17)40-27(31)32)18-9-33-28(34-10-18)36-11-15-2-3-16(12-36)25(15)26(38)39/h4-10,15-16,25,27H,2-3,11-13H2,1H3,(H,38,39)/t15-,16+,25?. The zero-order chi connectivity index (χ0) is 28.1. The second-order valence-corrected chi connectivity index (χ2v) is 10.8. The fraction of sp³-hybridized carbons (Fsp3) is 0.357. The number of halogens is 4. The Balaban J connectivity index is 1.30. The minimum Gasteiger partial charge on any atom is -0.481 e. The van der Waals surface area contributed by atoms with E-state index in [1.54, 1.807) is 36.0 Å². The number of alkyl halides is 2. The van der Waals surface area contributed by atoms with E-state index in [0.717, 1.165) is 12.8 Å². The minimum atomic E-state index is -3.00. The van der Waals surface area contributed by atoms with Crippen molar-refractivity contribution in [3.8, 4) is 16.9 Å². The summed E-state index contributed by atoms with van der Waals surface area (Å²) in [5.74, 6) is -0.402. The summed E-state index contributed by atoms with van der Waals surface area (Å²) in [5, 5.41) is 9.93. The molecule has 3 heterocycles. The number of anilines is 1. The molecule has 1 aliphatic carbocycles. The van der Waals surface area contributed by atoms with E-state index in [1.807, 2.05) is 4.90 Å². The number of carbonyl (C=O) groups is 1. The summed E-state index contributed by atoms with van der Waals surface area (Å²) in [5.41, 5.74) is 2.15. The maximum atomic E-state index is 15.2. The first-order valence-corrected chi connectivity index (χ1v) is 13.3. The molecule has 2 aliphatic rings. The fourth-order valence-electron chi connectivity index (χ4n) is 6.15. The maximum Gasteiger partial charge on any atom is 0.387 e. The number of piperidine rings is 1. The molecule has 4 aromatic rings. The summed E-state index contributed by atoms with van der Waals surface area (Å²) in [6.07, 6.45) is 4.85. The van der Waals surface area contributed by atoms with Crippen LogP contribution in [0.3, 0.4) is 0 Å². The lowest BCUT2D eigenvalue weighted by molar-refractivity contribution is -0.144. The van der Waals surface area contributed by atoms with E-state index in [-0.39, 0.29) is 35.6 Å². The lowest BCUT2D eigenvalue weighted by Crippen LogP contribution is -2.45. The Morgan fingerprint density at radius 2 is 1.85 bits per heavy atom. The Hall–Kier alpha value is -3.86. The highest BCUT2D eigenvalue weighted by Gasteiger charge is 2.46. The van der Waals surface area contributed by atoms with Gasteiger partial charge in [-0.1, -0.05) is 11.6 Å². The lowest BCUT2D eigenvalue weighted by Gasteiger charge is -2.35. The van der Waals surface area contributed by atoms with Gasteiger partial charge in [-0.25, -0.2) is 19.3 Å². The number of rotatable bonds is 7. The van der Waals surface area contributed by atoms with Gasteiger partial charge in [-0.15, -0.1) is 0 Å². The number of imidazole rings is 1. The van der Waals surface area contributed by atoms with E-state index in [9.17, 15) is 18.7 Å². The molecule has 208 valence electrons. The molecule has 0 spiro atoms. The number of carboxylic acids is 1. The SMILES string of the molecule is Cc1nc2cc(F)c(-c3cnc(N4C[C@H]5CC[C@@H](C4)C5C(=O)O)nc3)cc2n1Cc1cc(Cl)ccc1OC(F)F. The number of hydrogen-bond donors (Lipinski definition) is 1. The Morgan fingerprint density at radius 1 is 1.15 bits per heavy atom. The van der Waals surface area contributed by atoms with Crippen molar-refractivity contribution in [1.82, 2.24) is 19.5 Å².